The summed E-state index contributed by atoms with van der Waals surface area (Å²) in [6, 6.07) is 8.36. The molecule has 0 radical (unpaired) electrons. The maximum atomic E-state index is 13.0. The number of fused-ring (bicyclic) bond motifs is 1. The van der Waals surface area contributed by atoms with Crippen LogP contribution in [0.3, 0.4) is 0 Å². The minimum absolute atomic E-state index is 0.186. The molecule has 1 aromatic carbocycles. The first-order valence-corrected chi connectivity index (χ1v) is 7.75. The highest BCUT2D eigenvalue weighted by Gasteiger charge is 2.25. The standard InChI is InChI=1S/C16H18FNOS/c17-12-6-4-10(5-7-12)13(9-18)16(19)15-8-11-2-1-3-14(11)20-15/h4-8,13,16,19H,1-3,9,18H2. The monoisotopic (exact) mass is 291 g/mol. The quantitative estimate of drug-likeness (QED) is 0.909. The molecule has 1 aliphatic carbocycles. The lowest BCUT2D eigenvalue weighted by molar-refractivity contribution is 0.151. The van der Waals surface area contributed by atoms with Crippen LogP contribution in [0.4, 0.5) is 4.39 Å². The molecular formula is C16H18FNOS. The molecule has 2 unspecified atom stereocenters. The van der Waals surface area contributed by atoms with Gasteiger partial charge in [0.25, 0.3) is 0 Å². The van der Waals surface area contributed by atoms with Gasteiger partial charge in [0.2, 0.25) is 0 Å². The fourth-order valence-electron chi connectivity index (χ4n) is 2.85. The Kier molecular flexibility index (Phi) is 3.87. The van der Waals surface area contributed by atoms with Crippen molar-refractivity contribution in [3.8, 4) is 0 Å². The molecule has 1 aromatic heterocycles. The van der Waals surface area contributed by atoms with Gasteiger partial charge < -0.3 is 10.8 Å². The second-order valence-electron chi connectivity index (χ2n) is 5.29. The van der Waals surface area contributed by atoms with E-state index in [0.717, 1.165) is 23.3 Å². The summed E-state index contributed by atoms with van der Waals surface area (Å²) >= 11 is 1.69. The highest BCUT2D eigenvalue weighted by molar-refractivity contribution is 7.12. The molecule has 4 heteroatoms. The third-order valence-electron chi connectivity index (χ3n) is 3.99. The molecule has 0 aliphatic heterocycles. The molecular weight excluding hydrogens is 273 g/mol. The maximum Gasteiger partial charge on any atom is 0.123 e. The summed E-state index contributed by atoms with van der Waals surface area (Å²) in [4.78, 5) is 2.38. The van der Waals surface area contributed by atoms with Crippen molar-refractivity contribution in [1.29, 1.82) is 0 Å². The minimum Gasteiger partial charge on any atom is -0.387 e. The molecule has 3 N–H and O–H groups in total. The fourth-order valence-corrected chi connectivity index (χ4v) is 4.16. The van der Waals surface area contributed by atoms with Crippen molar-refractivity contribution < 1.29 is 9.50 Å². The number of aliphatic hydroxyl groups is 1. The summed E-state index contributed by atoms with van der Waals surface area (Å²) in [5.41, 5.74) is 8.08. The molecule has 20 heavy (non-hydrogen) atoms. The normalized spacial score (nSPS) is 16.9. The van der Waals surface area contributed by atoms with Gasteiger partial charge in [-0.2, -0.15) is 0 Å². The van der Waals surface area contributed by atoms with Gasteiger partial charge in [-0.05, 0) is 48.6 Å². The van der Waals surface area contributed by atoms with E-state index in [1.807, 2.05) is 0 Å². The second-order valence-corrected chi connectivity index (χ2v) is 6.46. The second kappa shape index (κ2) is 5.64. The number of aryl methyl sites for hydroxylation is 2. The van der Waals surface area contributed by atoms with E-state index in [2.05, 4.69) is 6.07 Å². The number of halogens is 1. The van der Waals surface area contributed by atoms with Gasteiger partial charge in [0.05, 0.1) is 6.10 Å². The van der Waals surface area contributed by atoms with Gasteiger partial charge in [0.1, 0.15) is 5.82 Å². The Morgan fingerprint density at radius 1 is 1.25 bits per heavy atom. The first-order chi connectivity index (χ1) is 9.69. The minimum atomic E-state index is -0.610. The van der Waals surface area contributed by atoms with E-state index in [1.54, 1.807) is 23.5 Å². The first kappa shape index (κ1) is 13.7. The lowest BCUT2D eigenvalue weighted by atomic mass is 9.92. The number of aliphatic hydroxyl groups excluding tert-OH is 1. The number of thiophene rings is 1. The summed E-state index contributed by atoms with van der Waals surface area (Å²) in [5.74, 6) is -0.455. The highest BCUT2D eigenvalue weighted by atomic mass is 32.1. The van der Waals surface area contributed by atoms with Crippen LogP contribution in [0, 0.1) is 5.82 Å². The van der Waals surface area contributed by atoms with Gasteiger partial charge in [-0.25, -0.2) is 4.39 Å². The van der Waals surface area contributed by atoms with Crippen LogP contribution in [0.1, 0.15) is 39.3 Å². The predicted molar refractivity (Wildman–Crippen MR) is 79.5 cm³/mol. The van der Waals surface area contributed by atoms with Crippen LogP contribution >= 0.6 is 11.3 Å². The van der Waals surface area contributed by atoms with Gasteiger partial charge in [0, 0.05) is 22.2 Å². The Balaban J connectivity index is 1.86. The summed E-state index contributed by atoms with van der Waals surface area (Å²) in [6.07, 6.45) is 2.84. The average Bonchev–Trinajstić information content (AvgIpc) is 3.02. The third-order valence-corrected chi connectivity index (χ3v) is 5.30. The van der Waals surface area contributed by atoms with Crippen LogP contribution in [0.5, 0.6) is 0 Å². The zero-order valence-electron chi connectivity index (χ0n) is 11.2. The van der Waals surface area contributed by atoms with Gasteiger partial charge in [0.15, 0.2) is 0 Å². The zero-order valence-corrected chi connectivity index (χ0v) is 12.0. The van der Waals surface area contributed by atoms with Crippen molar-refractivity contribution in [2.75, 3.05) is 6.54 Å². The predicted octanol–water partition coefficient (Wildman–Crippen LogP) is 3.15. The summed E-state index contributed by atoms with van der Waals surface area (Å²) < 4.78 is 13.0. The van der Waals surface area contributed by atoms with Crippen molar-refractivity contribution in [2.45, 2.75) is 31.3 Å². The lowest BCUT2D eigenvalue weighted by Crippen LogP contribution is -2.19. The number of rotatable bonds is 4. The van der Waals surface area contributed by atoms with Crippen LogP contribution in [0.2, 0.25) is 0 Å². The third kappa shape index (κ3) is 2.51. The average molecular weight is 291 g/mol. The summed E-state index contributed by atoms with van der Waals surface area (Å²) in [5, 5.41) is 10.6. The van der Waals surface area contributed by atoms with Crippen molar-refractivity contribution in [3.63, 3.8) is 0 Å². The van der Waals surface area contributed by atoms with Crippen LogP contribution < -0.4 is 5.73 Å². The lowest BCUT2D eigenvalue weighted by Gasteiger charge is -2.21. The van der Waals surface area contributed by atoms with Crippen LogP contribution in [0.15, 0.2) is 30.3 Å². The molecule has 0 amide bonds. The van der Waals surface area contributed by atoms with Crippen molar-refractivity contribution in [3.05, 3.63) is 57.0 Å². The van der Waals surface area contributed by atoms with Crippen molar-refractivity contribution in [1.82, 2.24) is 0 Å². The Hall–Kier alpha value is -1.23. The van der Waals surface area contributed by atoms with E-state index in [4.69, 9.17) is 5.73 Å². The SMILES string of the molecule is NCC(c1ccc(F)cc1)C(O)c1cc2c(s1)CCC2. The summed E-state index contributed by atoms with van der Waals surface area (Å²) in [6.45, 7) is 0.343. The smallest absolute Gasteiger partial charge is 0.123 e. The highest BCUT2D eigenvalue weighted by Crippen LogP contribution is 2.38. The molecule has 1 heterocycles. The van der Waals surface area contributed by atoms with E-state index in [-0.39, 0.29) is 11.7 Å². The van der Waals surface area contributed by atoms with E-state index < -0.39 is 6.10 Å². The number of hydrogen-bond acceptors (Lipinski definition) is 3. The van der Waals surface area contributed by atoms with Crippen LogP contribution in [0.25, 0.3) is 0 Å². The van der Waals surface area contributed by atoms with Crippen molar-refractivity contribution in [2.24, 2.45) is 5.73 Å². The Morgan fingerprint density at radius 3 is 2.65 bits per heavy atom. The van der Waals surface area contributed by atoms with E-state index in [1.165, 1.54) is 29.0 Å². The largest absolute Gasteiger partial charge is 0.387 e. The van der Waals surface area contributed by atoms with E-state index in [9.17, 15) is 9.50 Å². The Morgan fingerprint density at radius 2 is 2.00 bits per heavy atom. The first-order valence-electron chi connectivity index (χ1n) is 6.94. The van der Waals surface area contributed by atoms with E-state index >= 15 is 0 Å². The fraction of sp³-hybridized carbons (Fsp3) is 0.375. The molecule has 0 saturated heterocycles. The summed E-state index contributed by atoms with van der Waals surface area (Å²) in [7, 11) is 0. The molecule has 0 fully saturated rings. The van der Waals surface area contributed by atoms with Gasteiger partial charge >= 0.3 is 0 Å². The van der Waals surface area contributed by atoms with Crippen LogP contribution in [-0.4, -0.2) is 11.7 Å². The molecule has 2 nitrogen and oxygen atoms in total. The molecule has 3 rings (SSSR count). The van der Waals surface area contributed by atoms with Gasteiger partial charge in [-0.15, -0.1) is 11.3 Å². The number of hydrogen-bond donors (Lipinski definition) is 2. The molecule has 1 aliphatic rings. The number of nitrogens with two attached hydrogens (primary N) is 1. The number of benzene rings is 1. The Labute approximate surface area is 122 Å². The van der Waals surface area contributed by atoms with Gasteiger partial charge in [-0.1, -0.05) is 12.1 Å². The van der Waals surface area contributed by atoms with E-state index in [0.29, 0.717) is 6.54 Å². The molecule has 106 valence electrons. The molecule has 0 bridgehead atoms. The van der Waals surface area contributed by atoms with Gasteiger partial charge in [-0.3, -0.25) is 0 Å². The molecule has 2 atom stereocenters. The Bertz CT molecular complexity index is 572. The van der Waals surface area contributed by atoms with Crippen LogP contribution in [-0.2, 0) is 12.8 Å². The molecule has 2 aromatic rings. The maximum absolute atomic E-state index is 13.0. The zero-order chi connectivity index (χ0) is 14.1. The van der Waals surface area contributed by atoms with Crippen molar-refractivity contribution >= 4 is 11.3 Å². The molecule has 0 spiro atoms. The topological polar surface area (TPSA) is 46.2 Å². The molecule has 0 saturated carbocycles.